The maximum atomic E-state index is 13.2. The number of likely N-dealkylation sites (tertiary alicyclic amines) is 2. The molecule has 0 atom stereocenters. The number of rotatable bonds is 4. The molecule has 0 radical (unpaired) electrons. The van der Waals surface area contributed by atoms with Crippen molar-refractivity contribution in [3.63, 3.8) is 0 Å². The Morgan fingerprint density at radius 3 is 2.43 bits per heavy atom. The van der Waals surface area contributed by atoms with Gasteiger partial charge < -0.3 is 14.7 Å². The zero-order valence-electron chi connectivity index (χ0n) is 17.7. The fourth-order valence-electron chi connectivity index (χ4n) is 5.52. The second-order valence-corrected chi connectivity index (χ2v) is 9.08. The molecule has 2 aromatic rings. The van der Waals surface area contributed by atoms with E-state index in [1.165, 1.54) is 50.1 Å². The van der Waals surface area contributed by atoms with Crippen molar-refractivity contribution < 1.29 is 4.79 Å². The smallest absolute Gasteiger partial charge is 0.274 e. The van der Waals surface area contributed by atoms with Crippen molar-refractivity contribution in [3.8, 4) is 0 Å². The van der Waals surface area contributed by atoms with Crippen molar-refractivity contribution >= 4 is 5.91 Å². The van der Waals surface area contributed by atoms with Crippen molar-refractivity contribution in [2.24, 2.45) is 0 Å². The lowest BCUT2D eigenvalue weighted by Gasteiger charge is -2.48. The summed E-state index contributed by atoms with van der Waals surface area (Å²) in [6, 6.07) is 8.72. The van der Waals surface area contributed by atoms with E-state index in [0.29, 0.717) is 12.2 Å². The zero-order valence-corrected chi connectivity index (χ0v) is 17.7. The fraction of sp³-hybridized carbons (Fsp3) is 0.542. The molecule has 1 spiro atoms. The Morgan fingerprint density at radius 1 is 0.967 bits per heavy atom. The number of nitrogens with zero attached hydrogens (tertiary/aromatic N) is 5. The van der Waals surface area contributed by atoms with E-state index in [1.807, 2.05) is 4.90 Å². The summed E-state index contributed by atoms with van der Waals surface area (Å²) in [5.74, 6) is -0.00607. The first-order valence-electron chi connectivity index (χ1n) is 11.3. The van der Waals surface area contributed by atoms with Crippen LogP contribution in [0.1, 0.15) is 47.3 Å². The van der Waals surface area contributed by atoms with E-state index in [4.69, 9.17) is 0 Å². The number of carbonyl (C=O) groups is 1. The second-order valence-electron chi connectivity index (χ2n) is 9.08. The maximum absolute atomic E-state index is 13.2. The molecule has 0 unspecified atom stereocenters. The average molecular weight is 406 g/mol. The molecule has 4 heterocycles. The first-order valence-corrected chi connectivity index (χ1v) is 11.3. The molecule has 0 saturated carbocycles. The largest absolute Gasteiger partial charge is 0.332 e. The SMILES string of the molecule is O=C(c1cnccn1)N1Cc2ccccc2C2(CCN(CCN3CCCC3)CC2)C1. The summed E-state index contributed by atoms with van der Waals surface area (Å²) in [7, 11) is 0. The van der Waals surface area contributed by atoms with Crippen LogP contribution in [0.4, 0.5) is 0 Å². The van der Waals surface area contributed by atoms with Gasteiger partial charge in [0.15, 0.2) is 0 Å². The minimum absolute atomic E-state index is 0.00607. The number of aromatic nitrogens is 2. The van der Waals surface area contributed by atoms with Gasteiger partial charge in [0.1, 0.15) is 5.69 Å². The maximum Gasteiger partial charge on any atom is 0.274 e. The molecule has 1 aromatic carbocycles. The molecule has 1 aromatic heterocycles. The highest BCUT2D eigenvalue weighted by atomic mass is 16.2. The molecular formula is C24H31N5O. The minimum atomic E-state index is -0.00607. The van der Waals surface area contributed by atoms with Crippen LogP contribution in [0.2, 0.25) is 0 Å². The predicted octanol–water partition coefficient (Wildman–Crippen LogP) is 2.56. The van der Waals surface area contributed by atoms with Crippen LogP contribution in [0.25, 0.3) is 0 Å². The summed E-state index contributed by atoms with van der Waals surface area (Å²) < 4.78 is 0. The Balaban J connectivity index is 1.31. The number of piperidine rings is 1. The first-order chi connectivity index (χ1) is 14.7. The molecule has 0 N–H and O–H groups in total. The molecule has 158 valence electrons. The van der Waals surface area contributed by atoms with Gasteiger partial charge in [-0.05, 0) is 63.0 Å². The molecule has 2 fully saturated rings. The molecule has 0 bridgehead atoms. The van der Waals surface area contributed by atoms with E-state index in [9.17, 15) is 4.79 Å². The first kappa shape index (κ1) is 19.6. The normalized spacial score (nSPS) is 21.7. The zero-order chi connectivity index (χ0) is 20.4. The number of hydrogen-bond acceptors (Lipinski definition) is 5. The van der Waals surface area contributed by atoms with Gasteiger partial charge in [0.2, 0.25) is 0 Å². The summed E-state index contributed by atoms with van der Waals surface area (Å²) in [4.78, 5) is 28.7. The third-order valence-corrected chi connectivity index (χ3v) is 7.26. The highest BCUT2D eigenvalue weighted by Gasteiger charge is 2.43. The minimum Gasteiger partial charge on any atom is -0.332 e. The van der Waals surface area contributed by atoms with Crippen LogP contribution in [0.3, 0.4) is 0 Å². The summed E-state index contributed by atoms with van der Waals surface area (Å²) in [5, 5.41) is 0. The molecule has 6 nitrogen and oxygen atoms in total. The number of benzene rings is 1. The molecule has 2 saturated heterocycles. The van der Waals surface area contributed by atoms with E-state index in [-0.39, 0.29) is 11.3 Å². The monoisotopic (exact) mass is 405 g/mol. The van der Waals surface area contributed by atoms with E-state index < -0.39 is 0 Å². The number of amides is 1. The van der Waals surface area contributed by atoms with Crippen molar-refractivity contribution in [1.82, 2.24) is 24.7 Å². The Morgan fingerprint density at radius 2 is 1.70 bits per heavy atom. The Bertz CT molecular complexity index is 872. The van der Waals surface area contributed by atoms with Crippen LogP contribution < -0.4 is 0 Å². The highest BCUT2D eigenvalue weighted by molar-refractivity contribution is 5.92. The van der Waals surface area contributed by atoms with Crippen molar-refractivity contribution in [2.45, 2.75) is 37.6 Å². The highest BCUT2D eigenvalue weighted by Crippen LogP contribution is 2.42. The standard InChI is InChI=1S/C24H31N5O/c30-23(22-17-25-9-10-26-22)29-18-20-5-1-2-6-21(20)24(19-29)7-13-28(14-8-24)16-15-27-11-3-4-12-27/h1-2,5-6,9-10,17H,3-4,7-8,11-16,18-19H2. The van der Waals surface area contributed by atoms with Crippen molar-refractivity contribution in [1.29, 1.82) is 0 Å². The lowest BCUT2D eigenvalue weighted by Crippen LogP contribution is -2.53. The molecule has 6 heteroatoms. The number of hydrogen-bond donors (Lipinski definition) is 0. The Labute approximate surface area is 178 Å². The summed E-state index contributed by atoms with van der Waals surface area (Å²) >= 11 is 0. The molecule has 3 aliphatic heterocycles. The van der Waals surface area contributed by atoms with Crippen LogP contribution in [-0.4, -0.2) is 76.4 Å². The van der Waals surface area contributed by atoms with Crippen LogP contribution >= 0.6 is 0 Å². The molecule has 5 rings (SSSR count). The summed E-state index contributed by atoms with van der Waals surface area (Å²) in [6.07, 6.45) is 9.71. The van der Waals surface area contributed by atoms with Gasteiger partial charge in [0, 0.05) is 44.0 Å². The van der Waals surface area contributed by atoms with E-state index in [1.54, 1.807) is 18.6 Å². The summed E-state index contributed by atoms with van der Waals surface area (Å²) in [6.45, 7) is 8.55. The van der Waals surface area contributed by atoms with Crippen molar-refractivity contribution in [2.75, 3.05) is 45.8 Å². The van der Waals surface area contributed by atoms with E-state index in [0.717, 1.165) is 32.5 Å². The second kappa shape index (κ2) is 8.44. The fourth-order valence-corrected chi connectivity index (χ4v) is 5.52. The quantitative estimate of drug-likeness (QED) is 0.783. The van der Waals surface area contributed by atoms with E-state index >= 15 is 0 Å². The molecular weight excluding hydrogens is 374 g/mol. The molecule has 1 amide bonds. The van der Waals surface area contributed by atoms with Crippen LogP contribution in [0.15, 0.2) is 42.9 Å². The lowest BCUT2D eigenvalue weighted by atomic mass is 9.68. The molecule has 3 aliphatic rings. The topological polar surface area (TPSA) is 52.6 Å². The number of carbonyl (C=O) groups excluding carboxylic acids is 1. The Hall–Kier alpha value is -2.31. The van der Waals surface area contributed by atoms with Gasteiger partial charge in [0.05, 0.1) is 6.20 Å². The van der Waals surface area contributed by atoms with E-state index in [2.05, 4.69) is 44.0 Å². The predicted molar refractivity (Wildman–Crippen MR) is 116 cm³/mol. The van der Waals surface area contributed by atoms with Gasteiger partial charge >= 0.3 is 0 Å². The van der Waals surface area contributed by atoms with Gasteiger partial charge in [0.25, 0.3) is 5.91 Å². The number of fused-ring (bicyclic) bond motifs is 2. The van der Waals surface area contributed by atoms with Gasteiger partial charge in [-0.15, -0.1) is 0 Å². The van der Waals surface area contributed by atoms with Gasteiger partial charge in [-0.25, -0.2) is 4.98 Å². The van der Waals surface area contributed by atoms with Crippen LogP contribution in [0, 0.1) is 0 Å². The average Bonchev–Trinajstić information content (AvgIpc) is 3.33. The van der Waals surface area contributed by atoms with Crippen LogP contribution in [-0.2, 0) is 12.0 Å². The lowest BCUT2D eigenvalue weighted by molar-refractivity contribution is 0.0566. The van der Waals surface area contributed by atoms with Gasteiger partial charge in [-0.1, -0.05) is 24.3 Å². The van der Waals surface area contributed by atoms with Gasteiger partial charge in [-0.3, -0.25) is 9.78 Å². The third-order valence-electron chi connectivity index (χ3n) is 7.26. The summed E-state index contributed by atoms with van der Waals surface area (Å²) in [5.41, 5.74) is 3.23. The molecule has 30 heavy (non-hydrogen) atoms. The van der Waals surface area contributed by atoms with Crippen LogP contribution in [0.5, 0.6) is 0 Å². The molecule has 0 aliphatic carbocycles. The van der Waals surface area contributed by atoms with Crippen molar-refractivity contribution in [3.05, 3.63) is 59.7 Å². The van der Waals surface area contributed by atoms with Gasteiger partial charge in [-0.2, -0.15) is 0 Å². The third kappa shape index (κ3) is 3.86. The Kier molecular flexibility index (Phi) is 5.52.